The molecule has 1 saturated heterocycles. The van der Waals surface area contributed by atoms with Crippen LogP contribution < -0.4 is 16.4 Å². The van der Waals surface area contributed by atoms with Crippen LogP contribution in [-0.4, -0.2) is 69.4 Å². The number of aromatic amines is 1. The Labute approximate surface area is 220 Å². The van der Waals surface area contributed by atoms with Gasteiger partial charge in [-0.3, -0.25) is 14.4 Å². The monoisotopic (exact) mass is 519 g/mol. The summed E-state index contributed by atoms with van der Waals surface area (Å²) < 4.78 is 0. The fourth-order valence-corrected chi connectivity index (χ4v) is 4.88. The fourth-order valence-electron chi connectivity index (χ4n) is 4.88. The number of carboxylic acids is 1. The van der Waals surface area contributed by atoms with Gasteiger partial charge in [-0.15, -0.1) is 0 Å². The van der Waals surface area contributed by atoms with Crippen molar-refractivity contribution in [1.82, 2.24) is 20.5 Å². The number of hydrogen-bond donors (Lipinski definition) is 5. The second kappa shape index (κ2) is 11.9. The van der Waals surface area contributed by atoms with Crippen LogP contribution in [0.1, 0.15) is 30.9 Å². The molecule has 1 aromatic heterocycles. The Bertz CT molecular complexity index is 1310. The van der Waals surface area contributed by atoms with E-state index < -0.39 is 42.0 Å². The highest BCUT2D eigenvalue weighted by Gasteiger charge is 2.37. The third-order valence-electron chi connectivity index (χ3n) is 6.86. The fraction of sp³-hybridized carbons (Fsp3) is 0.357. The number of rotatable bonds is 10. The highest BCUT2D eigenvalue weighted by Crippen LogP contribution is 2.21. The first-order chi connectivity index (χ1) is 18.2. The summed E-state index contributed by atoms with van der Waals surface area (Å²) in [6.45, 7) is 1.98. The molecule has 6 N–H and O–H groups in total. The number of carboxylic acid groups (broad SMARTS) is 1. The molecule has 3 aromatic rings. The molecule has 10 heteroatoms. The molecular formula is C28H33N5O5. The molecule has 3 amide bonds. The van der Waals surface area contributed by atoms with Gasteiger partial charge in [0.1, 0.15) is 18.1 Å². The second-order valence-electron chi connectivity index (χ2n) is 9.69. The summed E-state index contributed by atoms with van der Waals surface area (Å²) >= 11 is 0. The summed E-state index contributed by atoms with van der Waals surface area (Å²) in [6, 6.07) is 12.8. The number of fused-ring (bicyclic) bond motifs is 1. The predicted octanol–water partition coefficient (Wildman–Crippen LogP) is 1.35. The van der Waals surface area contributed by atoms with E-state index in [-0.39, 0.29) is 18.7 Å². The lowest BCUT2D eigenvalue weighted by Gasteiger charge is -2.28. The van der Waals surface area contributed by atoms with Crippen molar-refractivity contribution in [1.29, 1.82) is 0 Å². The van der Waals surface area contributed by atoms with Crippen LogP contribution in [0.5, 0.6) is 0 Å². The number of aliphatic carboxylic acids is 1. The molecule has 1 fully saturated rings. The van der Waals surface area contributed by atoms with Crippen LogP contribution >= 0.6 is 0 Å². The van der Waals surface area contributed by atoms with Crippen molar-refractivity contribution in [2.24, 2.45) is 5.73 Å². The Balaban J connectivity index is 1.56. The van der Waals surface area contributed by atoms with Gasteiger partial charge in [0.2, 0.25) is 17.7 Å². The van der Waals surface area contributed by atoms with Gasteiger partial charge in [-0.1, -0.05) is 48.5 Å². The first kappa shape index (κ1) is 26.9. The number of carbonyl (C=O) groups excluding carboxylic acids is 3. The topological polar surface area (TPSA) is 158 Å². The number of aromatic nitrogens is 1. The standard InChI is InChI=1S/C28H33N5O5/c1-17(29)27(36)33-13-7-12-24(33)26(35)31-22(15-19-16-30-21-11-6-5-10-20(19)21)25(34)32-23(28(37)38)14-18-8-3-2-4-9-18/h2-6,8-11,16-17,22-24,30H,7,12-15,29H2,1H3,(H,31,35)(H,32,34)(H,37,38). The Kier molecular flexibility index (Phi) is 8.42. The van der Waals surface area contributed by atoms with Gasteiger partial charge in [0, 0.05) is 36.5 Å². The van der Waals surface area contributed by atoms with Crippen molar-refractivity contribution < 1.29 is 24.3 Å². The maximum atomic E-state index is 13.5. The number of nitrogens with one attached hydrogen (secondary N) is 3. The number of nitrogens with zero attached hydrogens (tertiary/aromatic N) is 1. The summed E-state index contributed by atoms with van der Waals surface area (Å²) in [4.78, 5) is 56.0. The van der Waals surface area contributed by atoms with Crippen molar-refractivity contribution in [2.45, 2.75) is 56.8 Å². The number of H-pyrrole nitrogens is 1. The van der Waals surface area contributed by atoms with E-state index in [1.165, 1.54) is 4.90 Å². The first-order valence-electron chi connectivity index (χ1n) is 12.7. The van der Waals surface area contributed by atoms with E-state index in [2.05, 4.69) is 15.6 Å². The normalized spacial score (nSPS) is 17.5. The molecule has 0 saturated carbocycles. The number of amides is 3. The highest BCUT2D eigenvalue weighted by molar-refractivity contribution is 5.95. The summed E-state index contributed by atoms with van der Waals surface area (Å²) in [6.07, 6.45) is 3.10. The lowest BCUT2D eigenvalue weighted by molar-refractivity contribution is -0.143. The number of para-hydroxylation sites is 1. The lowest BCUT2D eigenvalue weighted by atomic mass is 10.0. The third-order valence-corrected chi connectivity index (χ3v) is 6.86. The van der Waals surface area contributed by atoms with Crippen molar-refractivity contribution in [3.8, 4) is 0 Å². The Hall–Kier alpha value is -4.18. The van der Waals surface area contributed by atoms with Gasteiger partial charge in [0.05, 0.1) is 6.04 Å². The van der Waals surface area contributed by atoms with Gasteiger partial charge >= 0.3 is 5.97 Å². The number of likely N-dealkylation sites (tertiary alicyclic amines) is 1. The zero-order valence-electron chi connectivity index (χ0n) is 21.2. The number of carbonyl (C=O) groups is 4. The Morgan fingerprint density at radius 3 is 2.45 bits per heavy atom. The maximum absolute atomic E-state index is 13.5. The molecule has 0 radical (unpaired) electrons. The molecule has 4 unspecified atom stereocenters. The number of benzene rings is 2. The Morgan fingerprint density at radius 1 is 1.03 bits per heavy atom. The molecule has 1 aliphatic heterocycles. The molecule has 2 aromatic carbocycles. The van der Waals surface area contributed by atoms with Crippen molar-refractivity contribution in [3.63, 3.8) is 0 Å². The predicted molar refractivity (Wildman–Crippen MR) is 142 cm³/mol. The van der Waals surface area contributed by atoms with Gasteiger partial charge in [0.15, 0.2) is 0 Å². The summed E-state index contributed by atoms with van der Waals surface area (Å²) in [5, 5.41) is 16.1. The highest BCUT2D eigenvalue weighted by atomic mass is 16.4. The van der Waals surface area contributed by atoms with Gasteiger partial charge in [0.25, 0.3) is 0 Å². The van der Waals surface area contributed by atoms with E-state index >= 15 is 0 Å². The first-order valence-corrected chi connectivity index (χ1v) is 12.7. The average molecular weight is 520 g/mol. The van der Waals surface area contributed by atoms with E-state index in [0.717, 1.165) is 22.0 Å². The van der Waals surface area contributed by atoms with Crippen LogP contribution in [0, 0.1) is 0 Å². The number of nitrogens with two attached hydrogens (primary N) is 1. The molecular weight excluding hydrogens is 486 g/mol. The lowest BCUT2D eigenvalue weighted by Crippen LogP contribution is -2.57. The molecule has 0 bridgehead atoms. The average Bonchev–Trinajstić information content (AvgIpc) is 3.55. The molecule has 0 aliphatic carbocycles. The minimum Gasteiger partial charge on any atom is -0.480 e. The minimum absolute atomic E-state index is 0.0922. The quantitative estimate of drug-likeness (QED) is 0.272. The molecule has 4 rings (SSSR count). The summed E-state index contributed by atoms with van der Waals surface area (Å²) in [5.74, 6) is -2.58. The minimum atomic E-state index is -1.19. The number of hydrogen-bond acceptors (Lipinski definition) is 5. The Morgan fingerprint density at radius 2 is 1.74 bits per heavy atom. The summed E-state index contributed by atoms with van der Waals surface area (Å²) in [5.41, 5.74) is 8.21. The molecule has 2 heterocycles. The van der Waals surface area contributed by atoms with Gasteiger partial charge in [-0.2, -0.15) is 0 Å². The molecule has 4 atom stereocenters. The van der Waals surface area contributed by atoms with Crippen molar-refractivity contribution in [2.75, 3.05) is 6.54 Å². The molecule has 38 heavy (non-hydrogen) atoms. The van der Waals surface area contributed by atoms with E-state index in [1.807, 2.05) is 30.3 Å². The van der Waals surface area contributed by atoms with Crippen molar-refractivity contribution >= 4 is 34.6 Å². The zero-order valence-corrected chi connectivity index (χ0v) is 21.2. The zero-order chi connectivity index (χ0) is 27.2. The SMILES string of the molecule is CC(N)C(=O)N1CCCC1C(=O)NC(Cc1c[nH]c2ccccc12)C(=O)NC(Cc1ccccc1)C(=O)O. The van der Waals surface area contributed by atoms with E-state index in [9.17, 15) is 24.3 Å². The van der Waals surface area contributed by atoms with Crippen molar-refractivity contribution in [3.05, 3.63) is 71.9 Å². The van der Waals surface area contributed by atoms with Crippen LogP contribution in [0.3, 0.4) is 0 Å². The largest absolute Gasteiger partial charge is 0.480 e. The molecule has 0 spiro atoms. The second-order valence-corrected chi connectivity index (χ2v) is 9.69. The molecule has 10 nitrogen and oxygen atoms in total. The van der Waals surface area contributed by atoms with Crippen LogP contribution in [0.15, 0.2) is 60.8 Å². The van der Waals surface area contributed by atoms with Gasteiger partial charge < -0.3 is 31.4 Å². The molecule has 200 valence electrons. The van der Waals surface area contributed by atoms with Crippen LogP contribution in [-0.2, 0) is 32.0 Å². The van der Waals surface area contributed by atoms with Crippen LogP contribution in [0.2, 0.25) is 0 Å². The van der Waals surface area contributed by atoms with Crippen LogP contribution in [0.4, 0.5) is 0 Å². The van der Waals surface area contributed by atoms with Crippen LogP contribution in [0.25, 0.3) is 10.9 Å². The van der Waals surface area contributed by atoms with E-state index in [0.29, 0.717) is 19.4 Å². The smallest absolute Gasteiger partial charge is 0.326 e. The maximum Gasteiger partial charge on any atom is 0.326 e. The van der Waals surface area contributed by atoms with Gasteiger partial charge in [-0.25, -0.2) is 4.79 Å². The van der Waals surface area contributed by atoms with Gasteiger partial charge in [-0.05, 0) is 37.0 Å². The van der Waals surface area contributed by atoms with E-state index in [4.69, 9.17) is 5.73 Å². The molecule has 1 aliphatic rings. The summed E-state index contributed by atoms with van der Waals surface area (Å²) in [7, 11) is 0. The van der Waals surface area contributed by atoms with E-state index in [1.54, 1.807) is 37.4 Å². The third kappa shape index (κ3) is 6.20.